The zero-order valence-electron chi connectivity index (χ0n) is 34.7. The second-order valence-electron chi connectivity index (χ2n) is 14.3. The lowest BCUT2D eigenvalue weighted by atomic mass is 9.97. The van der Waals surface area contributed by atoms with Crippen LogP contribution in [-0.4, -0.2) is 19.5 Å². The van der Waals surface area contributed by atoms with Crippen LogP contribution < -0.4 is 9.47 Å². The summed E-state index contributed by atoms with van der Waals surface area (Å²) in [5, 5.41) is 0.980. The monoisotopic (exact) mass is 750 g/mol. The summed E-state index contributed by atoms with van der Waals surface area (Å²) in [5.74, 6) is 2.08. The summed E-state index contributed by atoms with van der Waals surface area (Å²) in [6, 6.07) is 9.05. The molecule has 2 aromatic rings. The van der Waals surface area contributed by atoms with Crippen molar-refractivity contribution < 1.29 is 9.47 Å². The highest BCUT2D eigenvalue weighted by molar-refractivity contribution is 9.09. The molecular formula is C47H75BrO2. The fourth-order valence-electron chi connectivity index (χ4n) is 5.65. The Kier molecular flexibility index (Phi) is 27.6. The van der Waals surface area contributed by atoms with Crippen LogP contribution in [0.15, 0.2) is 70.9 Å². The van der Waals surface area contributed by atoms with Crippen molar-refractivity contribution >= 4 is 15.9 Å². The summed E-state index contributed by atoms with van der Waals surface area (Å²) >= 11 is 3.38. The van der Waals surface area contributed by atoms with Crippen molar-refractivity contribution in [3.05, 3.63) is 104 Å². The second-order valence-corrected chi connectivity index (χ2v) is 15.0. The maximum absolute atomic E-state index is 5.68. The standard InChI is InChI=1S/C23H36O.C14H22O.C10H17Br/c1-7-8-9-13-21-16-20(5)22(23(17-21)24-6)15-14-19(4)12-10-11-18(2)3;1-5-6-7-8-13-9-11(2)12(3)14(10-13)15-4;1-9(2)5-4-6-10(3)7-8-11/h11,14,16-17H,7-10,12-13,15H2,1-6H3;9-10H,5-8H2,1-4H3;5,7H,4,6,8H2,1-3H3/b19-14+;;10-7+. The lowest BCUT2D eigenvalue weighted by Gasteiger charge is -2.13. The quantitative estimate of drug-likeness (QED) is 0.0808. The fraction of sp³-hybridized carbons (Fsp3) is 0.574. The molecular weight excluding hydrogens is 676 g/mol. The van der Waals surface area contributed by atoms with Gasteiger partial charge in [-0.25, -0.2) is 0 Å². The van der Waals surface area contributed by atoms with Crippen LogP contribution >= 0.6 is 15.9 Å². The predicted octanol–water partition coefficient (Wildman–Crippen LogP) is 15.1. The van der Waals surface area contributed by atoms with E-state index in [0.29, 0.717) is 0 Å². The number of benzene rings is 2. The number of unbranched alkanes of at least 4 members (excludes halogenated alkanes) is 4. The number of hydrogen-bond acceptors (Lipinski definition) is 2. The molecule has 0 aliphatic heterocycles. The molecule has 0 aliphatic carbocycles. The molecule has 0 saturated heterocycles. The van der Waals surface area contributed by atoms with Crippen molar-refractivity contribution in [2.24, 2.45) is 0 Å². The number of ether oxygens (including phenoxy) is 2. The molecule has 2 aromatic carbocycles. The van der Waals surface area contributed by atoms with Crippen molar-refractivity contribution in [3.8, 4) is 11.5 Å². The van der Waals surface area contributed by atoms with Gasteiger partial charge in [-0.2, -0.15) is 0 Å². The molecule has 3 heteroatoms. The third kappa shape index (κ3) is 22.3. The Balaban J connectivity index is 0.000000788. The Morgan fingerprint density at radius 2 is 1.06 bits per heavy atom. The highest BCUT2D eigenvalue weighted by Gasteiger charge is 2.09. The molecule has 2 rings (SSSR count). The lowest BCUT2D eigenvalue weighted by Crippen LogP contribution is -1.98. The first-order valence-electron chi connectivity index (χ1n) is 19.3. The maximum atomic E-state index is 5.68. The lowest BCUT2D eigenvalue weighted by molar-refractivity contribution is 0.409. The Hall–Kier alpha value is -2.52. The van der Waals surface area contributed by atoms with Gasteiger partial charge in [-0.15, -0.1) is 0 Å². The number of alkyl halides is 1. The first-order chi connectivity index (χ1) is 23.8. The van der Waals surface area contributed by atoms with Crippen molar-refractivity contribution in [1.29, 1.82) is 0 Å². The van der Waals surface area contributed by atoms with E-state index in [0.717, 1.165) is 42.5 Å². The van der Waals surface area contributed by atoms with Gasteiger partial charge in [-0.05, 0) is 160 Å². The average Bonchev–Trinajstić information content (AvgIpc) is 3.06. The summed E-state index contributed by atoms with van der Waals surface area (Å²) in [6.07, 6.45) is 24.8. The van der Waals surface area contributed by atoms with Crippen molar-refractivity contribution in [2.45, 2.75) is 160 Å². The molecule has 282 valence electrons. The van der Waals surface area contributed by atoms with Gasteiger partial charge in [0.15, 0.2) is 0 Å². The normalized spacial score (nSPS) is 11.2. The minimum absolute atomic E-state index is 0.963. The number of hydrogen-bond donors (Lipinski definition) is 0. The van der Waals surface area contributed by atoms with Crippen LogP contribution in [0.5, 0.6) is 11.5 Å². The molecule has 0 radical (unpaired) electrons. The number of allylic oxidation sites excluding steroid dienone is 8. The highest BCUT2D eigenvalue weighted by Crippen LogP contribution is 2.27. The average molecular weight is 752 g/mol. The molecule has 0 amide bonds. The molecule has 0 N–H and O–H groups in total. The molecule has 0 unspecified atom stereocenters. The van der Waals surface area contributed by atoms with Gasteiger partial charge in [0.2, 0.25) is 0 Å². The van der Waals surface area contributed by atoms with Gasteiger partial charge in [-0.3, -0.25) is 0 Å². The van der Waals surface area contributed by atoms with Gasteiger partial charge in [0.1, 0.15) is 11.5 Å². The predicted molar refractivity (Wildman–Crippen MR) is 229 cm³/mol. The van der Waals surface area contributed by atoms with E-state index in [9.17, 15) is 0 Å². The van der Waals surface area contributed by atoms with Gasteiger partial charge in [0.25, 0.3) is 0 Å². The largest absolute Gasteiger partial charge is 0.496 e. The van der Waals surface area contributed by atoms with E-state index in [2.05, 4.69) is 141 Å². The minimum atomic E-state index is 0.963. The smallest absolute Gasteiger partial charge is 0.122 e. The Bertz CT molecular complexity index is 1330. The van der Waals surface area contributed by atoms with Crippen molar-refractivity contribution in [1.82, 2.24) is 0 Å². The SMILES string of the molecule is CC(C)=CCC/C(C)=C/CBr.CCCCCc1cc(C)c(C)c(OC)c1.CCCCCc1cc(C)c(C/C=C(\C)CCC=C(C)C)c(OC)c1. The first-order valence-corrected chi connectivity index (χ1v) is 20.4. The van der Waals surface area contributed by atoms with Gasteiger partial charge in [0, 0.05) is 10.9 Å². The second kappa shape index (κ2) is 29.1. The van der Waals surface area contributed by atoms with Crippen LogP contribution in [0.3, 0.4) is 0 Å². The van der Waals surface area contributed by atoms with E-state index in [-0.39, 0.29) is 0 Å². The van der Waals surface area contributed by atoms with Crippen LogP contribution in [0.2, 0.25) is 0 Å². The molecule has 0 fully saturated rings. The van der Waals surface area contributed by atoms with Crippen LogP contribution in [-0.2, 0) is 19.3 Å². The van der Waals surface area contributed by atoms with Crippen molar-refractivity contribution in [2.75, 3.05) is 19.5 Å². The van der Waals surface area contributed by atoms with Crippen LogP contribution in [0.25, 0.3) is 0 Å². The number of aryl methyl sites for hydroxylation is 4. The molecule has 0 bridgehead atoms. The summed E-state index contributed by atoms with van der Waals surface area (Å²) in [5.41, 5.74) is 13.8. The fourth-order valence-corrected chi connectivity index (χ4v) is 6.20. The summed E-state index contributed by atoms with van der Waals surface area (Å²) < 4.78 is 11.1. The van der Waals surface area contributed by atoms with Gasteiger partial charge < -0.3 is 9.47 Å². The van der Waals surface area contributed by atoms with Crippen LogP contribution in [0, 0.1) is 20.8 Å². The van der Waals surface area contributed by atoms with E-state index in [1.54, 1.807) is 14.2 Å². The Morgan fingerprint density at radius 3 is 1.50 bits per heavy atom. The zero-order valence-corrected chi connectivity index (χ0v) is 36.3. The van der Waals surface area contributed by atoms with Crippen LogP contribution in [0.4, 0.5) is 0 Å². The van der Waals surface area contributed by atoms with E-state index >= 15 is 0 Å². The number of rotatable bonds is 19. The highest BCUT2D eigenvalue weighted by atomic mass is 79.9. The van der Waals surface area contributed by atoms with E-state index < -0.39 is 0 Å². The van der Waals surface area contributed by atoms with Gasteiger partial charge >= 0.3 is 0 Å². The van der Waals surface area contributed by atoms with E-state index in [1.165, 1.54) is 113 Å². The third-order valence-corrected chi connectivity index (χ3v) is 9.34. The minimum Gasteiger partial charge on any atom is -0.496 e. The van der Waals surface area contributed by atoms with E-state index in [1.807, 2.05) is 0 Å². The van der Waals surface area contributed by atoms with Gasteiger partial charge in [-0.1, -0.05) is 114 Å². The third-order valence-electron chi connectivity index (χ3n) is 9.01. The number of halogens is 1. The molecule has 0 aliphatic rings. The topological polar surface area (TPSA) is 18.5 Å². The summed E-state index contributed by atoms with van der Waals surface area (Å²) in [6.45, 7) is 24.0. The molecule has 2 nitrogen and oxygen atoms in total. The Morgan fingerprint density at radius 1 is 0.600 bits per heavy atom. The molecule has 0 saturated carbocycles. The summed E-state index contributed by atoms with van der Waals surface area (Å²) in [7, 11) is 3.54. The molecule has 0 aromatic heterocycles. The molecule has 0 atom stereocenters. The zero-order chi connectivity index (χ0) is 37.9. The first kappa shape index (κ1) is 47.5. The van der Waals surface area contributed by atoms with Crippen LogP contribution in [0.1, 0.15) is 153 Å². The molecule has 0 heterocycles. The van der Waals surface area contributed by atoms with E-state index in [4.69, 9.17) is 9.47 Å². The Labute approximate surface area is 319 Å². The number of methoxy groups -OCH3 is 2. The van der Waals surface area contributed by atoms with Gasteiger partial charge in [0.05, 0.1) is 14.2 Å². The summed E-state index contributed by atoms with van der Waals surface area (Å²) in [4.78, 5) is 0. The maximum Gasteiger partial charge on any atom is 0.122 e. The van der Waals surface area contributed by atoms with Crippen molar-refractivity contribution in [3.63, 3.8) is 0 Å². The molecule has 0 spiro atoms. The molecule has 50 heavy (non-hydrogen) atoms.